The van der Waals surface area contributed by atoms with Crippen LogP contribution in [0.25, 0.3) is 0 Å². The number of sulfonamides is 1. The molecule has 1 saturated heterocycles. The Morgan fingerprint density at radius 2 is 1.78 bits per heavy atom. The Labute approximate surface area is 165 Å². The Hall–Kier alpha value is -1.81. The van der Waals surface area contributed by atoms with Crippen LogP contribution in [-0.4, -0.2) is 58.1 Å². The lowest BCUT2D eigenvalue weighted by Gasteiger charge is -2.33. The standard InChI is InChI=1S/C18H25N5O2S2/c1-4-9-22-16(3)19-23(18(22)26)14-20-10-12-21(13-11-20)27(24,25)17-7-5-15(2)6-8-17/h4-8H,1,9-14H2,2-3H3. The minimum absolute atomic E-state index is 0.350. The molecule has 0 unspecified atom stereocenters. The Kier molecular flexibility index (Phi) is 5.95. The van der Waals surface area contributed by atoms with E-state index in [4.69, 9.17) is 12.2 Å². The highest BCUT2D eigenvalue weighted by Gasteiger charge is 2.28. The highest BCUT2D eigenvalue weighted by atomic mass is 32.2. The topological polar surface area (TPSA) is 63.4 Å². The number of rotatable bonds is 6. The summed E-state index contributed by atoms with van der Waals surface area (Å²) < 4.78 is 31.5. The quantitative estimate of drug-likeness (QED) is 0.543. The number of hydrogen-bond acceptors (Lipinski definition) is 5. The van der Waals surface area contributed by atoms with Gasteiger partial charge in [-0.3, -0.25) is 4.90 Å². The summed E-state index contributed by atoms with van der Waals surface area (Å²) in [6, 6.07) is 7.00. The van der Waals surface area contributed by atoms with Gasteiger partial charge >= 0.3 is 0 Å². The average molecular weight is 408 g/mol. The normalized spacial score (nSPS) is 16.5. The molecular weight excluding hydrogens is 382 g/mol. The van der Waals surface area contributed by atoms with Gasteiger partial charge in [-0.1, -0.05) is 23.8 Å². The van der Waals surface area contributed by atoms with E-state index >= 15 is 0 Å². The SMILES string of the molecule is C=CCn1c(C)nn(CN2CCN(S(=O)(=O)c3ccc(C)cc3)CC2)c1=S. The highest BCUT2D eigenvalue weighted by Crippen LogP contribution is 2.18. The second-order valence-corrected chi connectivity index (χ2v) is 9.01. The zero-order chi connectivity index (χ0) is 19.6. The number of benzene rings is 1. The van der Waals surface area contributed by atoms with Gasteiger partial charge in [-0.15, -0.1) is 6.58 Å². The van der Waals surface area contributed by atoms with Crippen molar-refractivity contribution in [2.75, 3.05) is 26.2 Å². The van der Waals surface area contributed by atoms with Crippen LogP contribution in [-0.2, 0) is 23.2 Å². The molecule has 1 aromatic heterocycles. The molecule has 0 atom stereocenters. The van der Waals surface area contributed by atoms with E-state index in [0.29, 0.717) is 49.1 Å². The maximum Gasteiger partial charge on any atom is 0.243 e. The van der Waals surface area contributed by atoms with Gasteiger partial charge in [-0.2, -0.15) is 9.40 Å². The molecule has 2 aromatic rings. The second kappa shape index (κ2) is 8.05. The van der Waals surface area contributed by atoms with Crippen LogP contribution in [0, 0.1) is 18.6 Å². The lowest BCUT2D eigenvalue weighted by Crippen LogP contribution is -2.48. The maximum atomic E-state index is 12.8. The minimum atomic E-state index is -3.44. The molecule has 0 amide bonds. The molecule has 27 heavy (non-hydrogen) atoms. The molecule has 0 bridgehead atoms. The van der Waals surface area contributed by atoms with Crippen LogP contribution in [0.2, 0.25) is 0 Å². The first-order valence-electron chi connectivity index (χ1n) is 8.87. The largest absolute Gasteiger partial charge is 0.300 e. The summed E-state index contributed by atoms with van der Waals surface area (Å²) in [5, 5.41) is 4.50. The average Bonchev–Trinajstić information content (AvgIpc) is 2.90. The molecule has 1 aromatic carbocycles. The fraction of sp³-hybridized carbons (Fsp3) is 0.444. The van der Waals surface area contributed by atoms with Crippen molar-refractivity contribution >= 4 is 22.2 Å². The molecule has 0 aliphatic carbocycles. The monoisotopic (exact) mass is 407 g/mol. The third-order valence-corrected chi connectivity index (χ3v) is 7.09. The first-order chi connectivity index (χ1) is 12.8. The number of nitrogens with zero attached hydrogens (tertiary/aromatic N) is 5. The first-order valence-corrected chi connectivity index (χ1v) is 10.7. The zero-order valence-corrected chi connectivity index (χ0v) is 17.3. The molecule has 9 heteroatoms. The van der Waals surface area contributed by atoms with Crippen LogP contribution in [0.4, 0.5) is 0 Å². The molecule has 0 spiro atoms. The number of aryl methyl sites for hydroxylation is 2. The predicted molar refractivity (Wildman–Crippen MR) is 107 cm³/mol. The van der Waals surface area contributed by atoms with E-state index in [0.717, 1.165) is 11.4 Å². The Balaban J connectivity index is 1.65. The van der Waals surface area contributed by atoms with Gasteiger partial charge < -0.3 is 4.57 Å². The van der Waals surface area contributed by atoms with E-state index in [9.17, 15) is 8.42 Å². The molecule has 0 N–H and O–H groups in total. The maximum absolute atomic E-state index is 12.8. The Bertz CT molecular complexity index is 968. The molecular formula is C18H25N5O2S2. The minimum Gasteiger partial charge on any atom is -0.300 e. The van der Waals surface area contributed by atoms with Gasteiger partial charge in [0.25, 0.3) is 0 Å². The van der Waals surface area contributed by atoms with Gasteiger partial charge in [0.15, 0.2) is 4.77 Å². The molecule has 1 aliphatic rings. The predicted octanol–water partition coefficient (Wildman–Crippen LogP) is 2.18. The molecule has 0 radical (unpaired) electrons. The van der Waals surface area contributed by atoms with Crippen LogP contribution >= 0.6 is 12.2 Å². The Morgan fingerprint density at radius 1 is 1.15 bits per heavy atom. The van der Waals surface area contributed by atoms with Crippen molar-refractivity contribution in [1.29, 1.82) is 0 Å². The fourth-order valence-electron chi connectivity index (χ4n) is 3.14. The van der Waals surface area contributed by atoms with Crippen molar-refractivity contribution in [2.45, 2.75) is 32.0 Å². The van der Waals surface area contributed by atoms with Gasteiger partial charge in [0.1, 0.15) is 5.82 Å². The summed E-state index contributed by atoms with van der Waals surface area (Å²) in [7, 11) is -3.44. The molecule has 0 saturated carbocycles. The smallest absolute Gasteiger partial charge is 0.243 e. The molecule has 1 aliphatic heterocycles. The van der Waals surface area contributed by atoms with Gasteiger partial charge in [-0.25, -0.2) is 13.1 Å². The number of piperazine rings is 1. The fourth-order valence-corrected chi connectivity index (χ4v) is 4.87. The highest BCUT2D eigenvalue weighted by molar-refractivity contribution is 7.89. The molecule has 1 fully saturated rings. The lowest BCUT2D eigenvalue weighted by atomic mass is 10.2. The van der Waals surface area contributed by atoms with Crippen LogP contribution in [0.1, 0.15) is 11.4 Å². The second-order valence-electron chi connectivity index (χ2n) is 6.71. The van der Waals surface area contributed by atoms with Gasteiger partial charge in [0, 0.05) is 32.7 Å². The van der Waals surface area contributed by atoms with E-state index in [1.54, 1.807) is 27.2 Å². The van der Waals surface area contributed by atoms with E-state index < -0.39 is 10.0 Å². The first kappa shape index (κ1) is 19.9. The summed E-state index contributed by atoms with van der Waals surface area (Å²) in [5.41, 5.74) is 1.04. The van der Waals surface area contributed by atoms with E-state index in [1.165, 1.54) is 0 Å². The van der Waals surface area contributed by atoms with Gasteiger partial charge in [-0.05, 0) is 38.2 Å². The van der Waals surface area contributed by atoms with Crippen LogP contribution in [0.15, 0.2) is 41.8 Å². The molecule has 7 nitrogen and oxygen atoms in total. The molecule has 2 heterocycles. The summed E-state index contributed by atoms with van der Waals surface area (Å²) >= 11 is 5.49. The Morgan fingerprint density at radius 3 is 2.37 bits per heavy atom. The number of aromatic nitrogens is 3. The third kappa shape index (κ3) is 4.21. The van der Waals surface area contributed by atoms with Crippen molar-refractivity contribution in [2.24, 2.45) is 0 Å². The van der Waals surface area contributed by atoms with Crippen molar-refractivity contribution < 1.29 is 8.42 Å². The van der Waals surface area contributed by atoms with Crippen LogP contribution in [0.3, 0.4) is 0 Å². The van der Waals surface area contributed by atoms with Crippen LogP contribution in [0.5, 0.6) is 0 Å². The third-order valence-electron chi connectivity index (χ3n) is 4.74. The number of allylic oxidation sites excluding steroid dienone is 1. The van der Waals surface area contributed by atoms with E-state index in [1.807, 2.05) is 30.5 Å². The lowest BCUT2D eigenvalue weighted by molar-refractivity contribution is 0.144. The van der Waals surface area contributed by atoms with Crippen molar-refractivity contribution in [3.05, 3.63) is 53.1 Å². The summed E-state index contributed by atoms with van der Waals surface area (Å²) in [5.74, 6) is 0.848. The molecule has 3 rings (SSSR count). The van der Waals surface area contributed by atoms with E-state index in [2.05, 4.69) is 16.6 Å². The summed E-state index contributed by atoms with van der Waals surface area (Å²) in [4.78, 5) is 2.52. The van der Waals surface area contributed by atoms with Gasteiger partial charge in [0.2, 0.25) is 10.0 Å². The molecule has 146 valence electrons. The zero-order valence-electron chi connectivity index (χ0n) is 15.7. The van der Waals surface area contributed by atoms with Crippen molar-refractivity contribution in [3.63, 3.8) is 0 Å². The summed E-state index contributed by atoms with van der Waals surface area (Å²) in [6.45, 7) is 11.0. The van der Waals surface area contributed by atoms with Crippen LogP contribution < -0.4 is 0 Å². The van der Waals surface area contributed by atoms with E-state index in [-0.39, 0.29) is 0 Å². The van der Waals surface area contributed by atoms with Crippen molar-refractivity contribution in [3.8, 4) is 0 Å². The van der Waals surface area contributed by atoms with Gasteiger partial charge in [0.05, 0.1) is 11.6 Å². The van der Waals surface area contributed by atoms with Crippen molar-refractivity contribution in [1.82, 2.24) is 23.6 Å². The summed E-state index contributed by atoms with van der Waals surface area (Å²) in [6.07, 6.45) is 1.80. The number of hydrogen-bond donors (Lipinski definition) is 0.